The van der Waals surface area contributed by atoms with Crippen LogP contribution < -0.4 is 0 Å². The molecule has 2 nitrogen and oxygen atoms in total. The second-order valence-electron chi connectivity index (χ2n) is 5.71. The number of allylic oxidation sites excluding steroid dienone is 1. The van der Waals surface area contributed by atoms with E-state index in [1.54, 1.807) is 0 Å². The highest BCUT2D eigenvalue weighted by Crippen LogP contribution is 2.33. The average molecular weight is 260 g/mol. The number of ether oxygens (including phenoxy) is 2. The van der Waals surface area contributed by atoms with Crippen LogP contribution in [0, 0.1) is 5.41 Å². The molecule has 0 N–H and O–H groups in total. The van der Waals surface area contributed by atoms with Gasteiger partial charge < -0.3 is 9.47 Å². The molecule has 0 bridgehead atoms. The monoisotopic (exact) mass is 260 g/mol. The summed E-state index contributed by atoms with van der Waals surface area (Å²) >= 11 is 0. The third kappa shape index (κ3) is 4.39. The van der Waals surface area contributed by atoms with Gasteiger partial charge in [-0.15, -0.1) is 0 Å². The van der Waals surface area contributed by atoms with Crippen LogP contribution in [0.25, 0.3) is 5.57 Å². The molecule has 0 aromatic heterocycles. The zero-order valence-corrected chi connectivity index (χ0v) is 12.0. The normalized spacial score (nSPS) is 19.2. The molecular weight excluding hydrogens is 236 g/mol. The second-order valence-corrected chi connectivity index (χ2v) is 5.71. The minimum Gasteiger partial charge on any atom is -0.501 e. The summed E-state index contributed by atoms with van der Waals surface area (Å²) in [5.74, 6) is 0. The van der Waals surface area contributed by atoms with Gasteiger partial charge >= 0.3 is 0 Å². The van der Waals surface area contributed by atoms with Gasteiger partial charge in [0, 0.05) is 13.2 Å². The molecule has 1 aliphatic heterocycles. The molecule has 1 saturated heterocycles. The Morgan fingerprint density at radius 3 is 2.63 bits per heavy atom. The van der Waals surface area contributed by atoms with E-state index in [-0.39, 0.29) is 0 Å². The Morgan fingerprint density at radius 1 is 1.26 bits per heavy atom. The first-order valence-electron chi connectivity index (χ1n) is 7.11. The first-order chi connectivity index (χ1) is 9.20. The van der Waals surface area contributed by atoms with Gasteiger partial charge in [0.25, 0.3) is 0 Å². The summed E-state index contributed by atoms with van der Waals surface area (Å²) in [4.78, 5) is 0. The van der Waals surface area contributed by atoms with Crippen LogP contribution in [0.5, 0.6) is 0 Å². The molecule has 0 unspecified atom stereocenters. The van der Waals surface area contributed by atoms with Crippen molar-refractivity contribution in [3.63, 3.8) is 0 Å². The number of rotatable bonds is 5. The van der Waals surface area contributed by atoms with Crippen molar-refractivity contribution in [2.24, 2.45) is 5.41 Å². The summed E-state index contributed by atoms with van der Waals surface area (Å²) in [6.45, 7) is 7.02. The fourth-order valence-corrected chi connectivity index (χ4v) is 2.37. The lowest BCUT2D eigenvalue weighted by atomic mass is 9.80. The van der Waals surface area contributed by atoms with Gasteiger partial charge in [-0.2, -0.15) is 0 Å². The predicted octanol–water partition coefficient (Wildman–Crippen LogP) is 4.27. The minimum atomic E-state index is 0.396. The number of hydrogen-bond donors (Lipinski definition) is 0. The Hall–Kier alpha value is -1.28. The van der Waals surface area contributed by atoms with Gasteiger partial charge in [0.05, 0.1) is 12.9 Å². The molecule has 0 spiro atoms. The third-order valence-electron chi connectivity index (χ3n) is 4.01. The molecule has 104 valence electrons. The average Bonchev–Trinajstić information content (AvgIpc) is 2.45. The fourth-order valence-electron chi connectivity index (χ4n) is 2.37. The van der Waals surface area contributed by atoms with Crippen LogP contribution in [0.15, 0.2) is 36.6 Å². The van der Waals surface area contributed by atoms with Crippen molar-refractivity contribution in [3.8, 4) is 0 Å². The largest absolute Gasteiger partial charge is 0.501 e. The van der Waals surface area contributed by atoms with Crippen LogP contribution in [0.4, 0.5) is 0 Å². The highest BCUT2D eigenvalue weighted by molar-refractivity contribution is 5.62. The lowest BCUT2D eigenvalue weighted by molar-refractivity contribution is 0.0109. The molecular formula is C17H24O2. The molecule has 0 aliphatic carbocycles. The smallest absolute Gasteiger partial charge is 0.0878 e. The van der Waals surface area contributed by atoms with Crippen molar-refractivity contribution >= 4 is 5.57 Å². The molecule has 0 atom stereocenters. The lowest BCUT2D eigenvalue weighted by Gasteiger charge is -2.33. The Bertz CT molecular complexity index is 403. The van der Waals surface area contributed by atoms with E-state index in [9.17, 15) is 0 Å². The SMILES string of the molecule is C/C(=C/OCCC1(C)CCOCC1)c1ccccc1. The van der Waals surface area contributed by atoms with Gasteiger partial charge in [-0.1, -0.05) is 37.3 Å². The van der Waals surface area contributed by atoms with Gasteiger partial charge in [0.15, 0.2) is 0 Å². The Kier molecular flexibility index (Phi) is 5.03. The summed E-state index contributed by atoms with van der Waals surface area (Å²) in [5, 5.41) is 0. The van der Waals surface area contributed by atoms with Crippen LogP contribution >= 0.6 is 0 Å². The Labute approximate surface area is 116 Å². The van der Waals surface area contributed by atoms with Crippen molar-refractivity contribution in [1.29, 1.82) is 0 Å². The second kappa shape index (κ2) is 6.76. The van der Waals surface area contributed by atoms with Crippen LogP contribution in [0.2, 0.25) is 0 Å². The van der Waals surface area contributed by atoms with E-state index >= 15 is 0 Å². The van der Waals surface area contributed by atoms with Crippen molar-refractivity contribution in [1.82, 2.24) is 0 Å². The van der Waals surface area contributed by atoms with Crippen molar-refractivity contribution in [2.45, 2.75) is 33.1 Å². The quantitative estimate of drug-likeness (QED) is 0.581. The molecule has 1 aliphatic rings. The Balaban J connectivity index is 1.77. The summed E-state index contributed by atoms with van der Waals surface area (Å²) in [6, 6.07) is 10.3. The van der Waals surface area contributed by atoms with Crippen LogP contribution in [0.3, 0.4) is 0 Å². The molecule has 0 radical (unpaired) electrons. The zero-order valence-electron chi connectivity index (χ0n) is 12.0. The van der Waals surface area contributed by atoms with Gasteiger partial charge in [-0.25, -0.2) is 0 Å². The van der Waals surface area contributed by atoms with E-state index in [4.69, 9.17) is 9.47 Å². The van der Waals surface area contributed by atoms with E-state index < -0.39 is 0 Å². The summed E-state index contributed by atoms with van der Waals surface area (Å²) in [5.41, 5.74) is 2.80. The maximum atomic E-state index is 5.71. The first kappa shape index (κ1) is 14.1. The van der Waals surface area contributed by atoms with Crippen molar-refractivity contribution in [3.05, 3.63) is 42.2 Å². The number of benzene rings is 1. The van der Waals surface area contributed by atoms with Gasteiger partial charge in [-0.3, -0.25) is 0 Å². The summed E-state index contributed by atoms with van der Waals surface area (Å²) in [6.07, 6.45) is 5.29. The summed E-state index contributed by atoms with van der Waals surface area (Å²) in [7, 11) is 0. The van der Waals surface area contributed by atoms with Gasteiger partial charge in [0.2, 0.25) is 0 Å². The van der Waals surface area contributed by atoms with Crippen LogP contribution in [-0.2, 0) is 9.47 Å². The maximum Gasteiger partial charge on any atom is 0.0878 e. The van der Waals surface area contributed by atoms with Gasteiger partial charge in [0.1, 0.15) is 0 Å². The zero-order chi connectivity index (χ0) is 13.6. The van der Waals surface area contributed by atoms with Crippen molar-refractivity contribution < 1.29 is 9.47 Å². The highest BCUT2D eigenvalue weighted by Gasteiger charge is 2.26. The van der Waals surface area contributed by atoms with E-state index in [0.717, 1.165) is 39.1 Å². The minimum absolute atomic E-state index is 0.396. The standard InChI is InChI=1S/C17H24O2/c1-15(16-6-4-3-5-7-16)14-19-13-10-17(2)8-11-18-12-9-17/h3-7,14H,8-13H2,1-2H3/b15-14-. The maximum absolute atomic E-state index is 5.71. The molecule has 0 amide bonds. The molecule has 1 aromatic rings. The topological polar surface area (TPSA) is 18.5 Å². The van der Waals surface area contributed by atoms with Gasteiger partial charge in [-0.05, 0) is 42.7 Å². The van der Waals surface area contributed by atoms with E-state index in [1.807, 2.05) is 12.3 Å². The molecule has 19 heavy (non-hydrogen) atoms. The highest BCUT2D eigenvalue weighted by atomic mass is 16.5. The lowest BCUT2D eigenvalue weighted by Crippen LogP contribution is -2.27. The van der Waals surface area contributed by atoms with Crippen molar-refractivity contribution in [2.75, 3.05) is 19.8 Å². The van der Waals surface area contributed by atoms with E-state index in [1.165, 1.54) is 11.1 Å². The molecule has 2 heteroatoms. The molecule has 1 heterocycles. The fraction of sp³-hybridized carbons (Fsp3) is 0.529. The van der Waals surface area contributed by atoms with E-state index in [2.05, 4.69) is 38.1 Å². The molecule has 0 saturated carbocycles. The Morgan fingerprint density at radius 2 is 1.95 bits per heavy atom. The first-order valence-corrected chi connectivity index (χ1v) is 7.11. The predicted molar refractivity (Wildman–Crippen MR) is 78.8 cm³/mol. The number of hydrogen-bond acceptors (Lipinski definition) is 2. The third-order valence-corrected chi connectivity index (χ3v) is 4.01. The van der Waals surface area contributed by atoms with Crippen LogP contribution in [-0.4, -0.2) is 19.8 Å². The molecule has 1 aromatic carbocycles. The van der Waals surface area contributed by atoms with Crippen LogP contribution in [0.1, 0.15) is 38.7 Å². The molecule has 1 fully saturated rings. The van der Waals surface area contributed by atoms with E-state index in [0.29, 0.717) is 5.41 Å². The summed E-state index contributed by atoms with van der Waals surface area (Å²) < 4.78 is 11.1. The molecule has 2 rings (SSSR count).